The van der Waals surface area contributed by atoms with Crippen LogP contribution in [0.3, 0.4) is 0 Å². The van der Waals surface area contributed by atoms with Crippen LogP contribution in [0.5, 0.6) is 0 Å². The van der Waals surface area contributed by atoms with E-state index in [1.54, 1.807) is 6.92 Å². The highest BCUT2D eigenvalue weighted by atomic mass is 32.2. The third-order valence-corrected chi connectivity index (χ3v) is 1.18. The number of hydrogen-bond acceptors (Lipinski definition) is 5. The van der Waals surface area contributed by atoms with Crippen LogP contribution in [0.15, 0.2) is 12.3 Å². The fourth-order valence-corrected chi connectivity index (χ4v) is 0.632. The Morgan fingerprint density at radius 3 is 2.50 bits per heavy atom. The molecule has 0 aliphatic carbocycles. The molecule has 0 aliphatic rings. The van der Waals surface area contributed by atoms with E-state index >= 15 is 0 Å². The minimum atomic E-state index is -3.53. The Morgan fingerprint density at radius 1 is 1.50 bits per heavy atom. The van der Waals surface area contributed by atoms with E-state index in [0.29, 0.717) is 0 Å². The molecule has 0 bridgehead atoms. The van der Waals surface area contributed by atoms with Crippen molar-refractivity contribution >= 4 is 16.1 Å². The summed E-state index contributed by atoms with van der Waals surface area (Å²) < 4.78 is 29.3. The van der Waals surface area contributed by atoms with E-state index in [0.717, 1.165) is 18.6 Å². The van der Waals surface area contributed by atoms with Gasteiger partial charge in [0.1, 0.15) is 6.26 Å². The Balaban J connectivity index is 3.85. The summed E-state index contributed by atoms with van der Waals surface area (Å²) >= 11 is 0. The smallest absolute Gasteiger partial charge is 0.333 e. The molecular weight excluding hydrogens is 184 g/mol. The largest absolute Gasteiger partial charge is 0.463 e. The second-order valence-corrected chi connectivity index (χ2v) is 3.46. The molecule has 12 heavy (non-hydrogen) atoms. The normalized spacial score (nSPS) is 11.5. The van der Waals surface area contributed by atoms with E-state index in [1.165, 1.54) is 0 Å². The first kappa shape index (κ1) is 11.0. The van der Waals surface area contributed by atoms with Gasteiger partial charge in [-0.1, -0.05) is 0 Å². The number of hydrogen-bond donors (Lipinski definition) is 0. The van der Waals surface area contributed by atoms with Crippen molar-refractivity contribution in [2.45, 2.75) is 6.92 Å². The van der Waals surface area contributed by atoms with Gasteiger partial charge < -0.3 is 8.92 Å². The summed E-state index contributed by atoms with van der Waals surface area (Å²) in [5, 5.41) is 0. The van der Waals surface area contributed by atoms with Crippen molar-refractivity contribution in [1.82, 2.24) is 0 Å². The van der Waals surface area contributed by atoms with Crippen LogP contribution in [0.4, 0.5) is 0 Å². The molecular formula is C6H10O5S. The predicted octanol–water partition coefficient (Wildman–Crippen LogP) is 0.0394. The monoisotopic (exact) mass is 194 g/mol. The molecule has 0 aromatic heterocycles. The van der Waals surface area contributed by atoms with Gasteiger partial charge in [0.15, 0.2) is 0 Å². The zero-order valence-electron chi connectivity index (χ0n) is 6.81. The number of ether oxygens (including phenoxy) is 1. The minimum Gasteiger partial charge on any atom is -0.463 e. The first-order chi connectivity index (χ1) is 5.45. The molecule has 0 atom stereocenters. The lowest BCUT2D eigenvalue weighted by Crippen LogP contribution is -2.01. The first-order valence-electron chi connectivity index (χ1n) is 3.17. The Morgan fingerprint density at radius 2 is 2.08 bits per heavy atom. The first-order valence-corrected chi connectivity index (χ1v) is 4.99. The van der Waals surface area contributed by atoms with Crippen molar-refractivity contribution in [3.63, 3.8) is 0 Å². The number of esters is 1. The second kappa shape index (κ2) is 4.76. The summed E-state index contributed by atoms with van der Waals surface area (Å²) in [6.45, 7) is 1.88. The van der Waals surface area contributed by atoms with E-state index in [2.05, 4.69) is 8.92 Å². The summed E-state index contributed by atoms with van der Waals surface area (Å²) in [5.74, 6) is -0.638. The quantitative estimate of drug-likeness (QED) is 0.273. The zero-order valence-corrected chi connectivity index (χ0v) is 7.63. The third-order valence-electron chi connectivity index (χ3n) is 0.721. The molecule has 0 fully saturated rings. The molecule has 0 unspecified atom stereocenters. The molecule has 0 aliphatic heterocycles. The van der Waals surface area contributed by atoms with Crippen LogP contribution >= 0.6 is 0 Å². The summed E-state index contributed by atoms with van der Waals surface area (Å²) in [6.07, 6.45) is 2.54. The van der Waals surface area contributed by atoms with Gasteiger partial charge in [0, 0.05) is 0 Å². The second-order valence-electron chi connectivity index (χ2n) is 1.86. The van der Waals surface area contributed by atoms with E-state index in [9.17, 15) is 13.2 Å². The predicted molar refractivity (Wildman–Crippen MR) is 41.7 cm³/mol. The Labute approximate surface area is 71.1 Å². The van der Waals surface area contributed by atoms with Crippen molar-refractivity contribution in [3.05, 3.63) is 12.3 Å². The molecule has 6 heteroatoms. The van der Waals surface area contributed by atoms with Crippen LogP contribution in [0.25, 0.3) is 0 Å². The molecule has 0 saturated carbocycles. The number of carbonyl (C=O) groups excluding carboxylic acids is 1. The Hall–Kier alpha value is -1.04. The SMILES string of the molecule is CCOC(=O)/C=C\OS(C)(=O)=O. The lowest BCUT2D eigenvalue weighted by atomic mass is 10.6. The maximum atomic E-state index is 10.5. The zero-order chi connectivity index (χ0) is 9.61. The third kappa shape index (κ3) is 7.07. The van der Waals surface area contributed by atoms with E-state index in [-0.39, 0.29) is 6.61 Å². The van der Waals surface area contributed by atoms with E-state index in [1.807, 2.05) is 0 Å². The van der Waals surface area contributed by atoms with Gasteiger partial charge in [-0.15, -0.1) is 0 Å². The van der Waals surface area contributed by atoms with Crippen LogP contribution in [0, 0.1) is 0 Å². The van der Waals surface area contributed by atoms with Gasteiger partial charge in [-0.25, -0.2) is 4.79 Å². The molecule has 0 N–H and O–H groups in total. The maximum Gasteiger partial charge on any atom is 0.333 e. The molecule has 0 radical (unpaired) electrons. The highest BCUT2D eigenvalue weighted by molar-refractivity contribution is 7.86. The molecule has 0 aromatic carbocycles. The lowest BCUT2D eigenvalue weighted by Gasteiger charge is -1.95. The van der Waals surface area contributed by atoms with Crippen LogP contribution in [0.2, 0.25) is 0 Å². The number of rotatable bonds is 4. The molecule has 0 heterocycles. The van der Waals surface area contributed by atoms with Gasteiger partial charge in [-0.05, 0) is 6.92 Å². The standard InChI is InChI=1S/C6H10O5S/c1-3-10-6(7)4-5-11-12(2,8)9/h4-5H,3H2,1-2H3/b5-4-. The van der Waals surface area contributed by atoms with E-state index in [4.69, 9.17) is 0 Å². The lowest BCUT2D eigenvalue weighted by molar-refractivity contribution is -0.137. The van der Waals surface area contributed by atoms with Gasteiger partial charge >= 0.3 is 16.1 Å². The molecule has 0 rings (SSSR count). The van der Waals surface area contributed by atoms with Crippen molar-refractivity contribution < 1.29 is 22.1 Å². The highest BCUT2D eigenvalue weighted by Gasteiger charge is 1.98. The van der Waals surface area contributed by atoms with Crippen LogP contribution < -0.4 is 0 Å². The topological polar surface area (TPSA) is 69.7 Å². The number of carbonyl (C=O) groups is 1. The summed E-state index contributed by atoms with van der Waals surface area (Å²) in [4.78, 5) is 10.5. The van der Waals surface area contributed by atoms with Gasteiger partial charge in [-0.2, -0.15) is 8.42 Å². The summed E-state index contributed by atoms with van der Waals surface area (Å²) in [7, 11) is -3.53. The van der Waals surface area contributed by atoms with Gasteiger partial charge in [0.25, 0.3) is 0 Å². The summed E-state index contributed by atoms with van der Waals surface area (Å²) in [6, 6.07) is 0. The van der Waals surface area contributed by atoms with Crippen molar-refractivity contribution in [2.75, 3.05) is 12.9 Å². The molecule has 0 spiro atoms. The molecule has 0 saturated heterocycles. The average molecular weight is 194 g/mol. The molecule has 0 aromatic rings. The van der Waals surface area contributed by atoms with Gasteiger partial charge in [0.05, 0.1) is 18.9 Å². The van der Waals surface area contributed by atoms with Crippen molar-refractivity contribution in [3.8, 4) is 0 Å². The fourth-order valence-electron chi connectivity index (χ4n) is 0.375. The highest BCUT2D eigenvalue weighted by Crippen LogP contribution is 1.88. The van der Waals surface area contributed by atoms with Crippen molar-refractivity contribution in [1.29, 1.82) is 0 Å². The van der Waals surface area contributed by atoms with Crippen molar-refractivity contribution in [2.24, 2.45) is 0 Å². The average Bonchev–Trinajstić information content (AvgIpc) is 1.84. The van der Waals surface area contributed by atoms with Crippen LogP contribution in [-0.2, 0) is 23.8 Å². The molecule has 0 amide bonds. The molecule has 5 nitrogen and oxygen atoms in total. The van der Waals surface area contributed by atoms with Crippen LogP contribution in [-0.4, -0.2) is 27.2 Å². The summed E-state index contributed by atoms with van der Waals surface area (Å²) in [5.41, 5.74) is 0. The maximum absolute atomic E-state index is 10.5. The van der Waals surface area contributed by atoms with Gasteiger partial charge in [-0.3, -0.25) is 0 Å². The fraction of sp³-hybridized carbons (Fsp3) is 0.500. The minimum absolute atomic E-state index is 0.238. The van der Waals surface area contributed by atoms with E-state index < -0.39 is 16.1 Å². The van der Waals surface area contributed by atoms with Crippen LogP contribution in [0.1, 0.15) is 6.92 Å². The van der Waals surface area contributed by atoms with Gasteiger partial charge in [0.2, 0.25) is 0 Å². The Kier molecular flexibility index (Phi) is 4.35. The molecule has 70 valence electrons. The Bertz CT molecular complexity index is 264.